The first kappa shape index (κ1) is 20.7. The highest BCUT2D eigenvalue weighted by atomic mass is 32.1. The third kappa shape index (κ3) is 5.32. The lowest BCUT2D eigenvalue weighted by Gasteiger charge is -2.32. The SMILES string of the molecule is Cc1nc(-c2ccc(F)cc2)c(CC(=O)NC2CCN(Cc3ccccc3)CC2)s1. The maximum atomic E-state index is 13.2. The Morgan fingerprint density at radius 1 is 1.13 bits per heavy atom. The van der Waals surface area contributed by atoms with Crippen LogP contribution in [0.4, 0.5) is 4.39 Å². The van der Waals surface area contributed by atoms with Crippen LogP contribution in [-0.2, 0) is 17.8 Å². The number of benzene rings is 2. The van der Waals surface area contributed by atoms with E-state index in [1.54, 1.807) is 12.1 Å². The van der Waals surface area contributed by atoms with Gasteiger partial charge in [0.05, 0.1) is 17.1 Å². The first-order chi connectivity index (χ1) is 14.6. The van der Waals surface area contributed by atoms with E-state index in [4.69, 9.17) is 0 Å². The number of thiazole rings is 1. The number of nitrogens with one attached hydrogen (secondary N) is 1. The van der Waals surface area contributed by atoms with E-state index in [9.17, 15) is 9.18 Å². The average molecular weight is 424 g/mol. The van der Waals surface area contributed by atoms with Crippen molar-refractivity contribution in [2.45, 2.75) is 38.8 Å². The minimum atomic E-state index is -0.274. The molecule has 0 bridgehead atoms. The normalized spacial score (nSPS) is 15.3. The molecule has 156 valence electrons. The Morgan fingerprint density at radius 3 is 2.53 bits per heavy atom. The minimum Gasteiger partial charge on any atom is -0.353 e. The zero-order valence-electron chi connectivity index (χ0n) is 17.1. The first-order valence-corrected chi connectivity index (χ1v) is 11.2. The summed E-state index contributed by atoms with van der Waals surface area (Å²) < 4.78 is 13.2. The fourth-order valence-electron chi connectivity index (χ4n) is 3.92. The van der Waals surface area contributed by atoms with Gasteiger partial charge >= 0.3 is 0 Å². The van der Waals surface area contributed by atoms with Gasteiger partial charge in [0.25, 0.3) is 0 Å². The molecule has 1 fully saturated rings. The number of hydrogen-bond donors (Lipinski definition) is 1. The number of carbonyl (C=O) groups excluding carboxylic acids is 1. The van der Waals surface area contributed by atoms with E-state index in [2.05, 4.69) is 39.5 Å². The van der Waals surface area contributed by atoms with Crippen LogP contribution < -0.4 is 5.32 Å². The van der Waals surface area contributed by atoms with E-state index >= 15 is 0 Å². The molecule has 1 saturated heterocycles. The van der Waals surface area contributed by atoms with E-state index in [1.807, 2.05) is 13.0 Å². The standard InChI is InChI=1S/C24H26FN3OS/c1-17-26-24(19-7-9-20(25)10-8-19)22(30-17)15-23(29)27-21-11-13-28(14-12-21)16-18-5-3-2-4-6-18/h2-10,21H,11-16H2,1H3,(H,27,29). The largest absolute Gasteiger partial charge is 0.353 e. The van der Waals surface area contributed by atoms with Crippen LogP contribution in [0.2, 0.25) is 0 Å². The molecule has 1 N–H and O–H groups in total. The number of nitrogens with zero attached hydrogens (tertiary/aromatic N) is 2. The summed E-state index contributed by atoms with van der Waals surface area (Å²) in [5.74, 6) is -0.243. The number of aromatic nitrogens is 1. The van der Waals surface area contributed by atoms with Gasteiger partial charge < -0.3 is 5.32 Å². The summed E-state index contributed by atoms with van der Waals surface area (Å²) in [4.78, 5) is 20.6. The lowest BCUT2D eigenvalue weighted by Crippen LogP contribution is -2.44. The molecule has 0 atom stereocenters. The van der Waals surface area contributed by atoms with Crippen molar-refractivity contribution >= 4 is 17.2 Å². The third-order valence-electron chi connectivity index (χ3n) is 5.44. The van der Waals surface area contributed by atoms with Crippen LogP contribution in [0.5, 0.6) is 0 Å². The van der Waals surface area contributed by atoms with Gasteiger partial charge in [-0.3, -0.25) is 9.69 Å². The Kier molecular flexibility index (Phi) is 6.55. The highest BCUT2D eigenvalue weighted by Crippen LogP contribution is 2.28. The molecule has 0 unspecified atom stereocenters. The van der Waals surface area contributed by atoms with E-state index in [0.717, 1.165) is 53.6 Å². The van der Waals surface area contributed by atoms with E-state index in [1.165, 1.54) is 29.0 Å². The number of rotatable bonds is 6. The summed E-state index contributed by atoms with van der Waals surface area (Å²) in [6, 6.07) is 17.0. The molecular formula is C24H26FN3OS. The summed E-state index contributed by atoms with van der Waals surface area (Å²) in [7, 11) is 0. The summed E-state index contributed by atoms with van der Waals surface area (Å²) in [6.45, 7) is 4.87. The van der Waals surface area contributed by atoms with Gasteiger partial charge in [-0.15, -0.1) is 11.3 Å². The van der Waals surface area contributed by atoms with Crippen molar-refractivity contribution in [3.05, 3.63) is 75.9 Å². The van der Waals surface area contributed by atoms with Crippen LogP contribution in [0.15, 0.2) is 54.6 Å². The van der Waals surface area contributed by atoms with Gasteiger partial charge in [-0.1, -0.05) is 30.3 Å². The minimum absolute atomic E-state index is 0.0310. The maximum Gasteiger partial charge on any atom is 0.225 e. The van der Waals surface area contributed by atoms with Crippen molar-refractivity contribution in [1.29, 1.82) is 0 Å². The zero-order valence-corrected chi connectivity index (χ0v) is 17.9. The maximum absolute atomic E-state index is 13.2. The molecule has 4 nitrogen and oxygen atoms in total. The van der Waals surface area contributed by atoms with Crippen molar-refractivity contribution in [2.24, 2.45) is 0 Å². The number of aryl methyl sites for hydroxylation is 1. The number of piperidine rings is 1. The van der Waals surface area contributed by atoms with Gasteiger partial charge in [-0.05, 0) is 49.6 Å². The van der Waals surface area contributed by atoms with Gasteiger partial charge in [-0.25, -0.2) is 9.37 Å². The summed E-state index contributed by atoms with van der Waals surface area (Å²) in [5, 5.41) is 4.11. The molecule has 30 heavy (non-hydrogen) atoms. The molecule has 2 aromatic carbocycles. The molecule has 2 heterocycles. The Labute approximate surface area is 180 Å². The Bertz CT molecular complexity index is 979. The van der Waals surface area contributed by atoms with Gasteiger partial charge in [0.1, 0.15) is 5.82 Å². The Hall–Kier alpha value is -2.57. The van der Waals surface area contributed by atoms with Crippen LogP contribution >= 0.6 is 11.3 Å². The predicted octanol–water partition coefficient (Wildman–Crippen LogP) is 4.58. The molecule has 3 aromatic rings. The molecule has 0 spiro atoms. The second-order valence-electron chi connectivity index (χ2n) is 7.79. The molecule has 0 radical (unpaired) electrons. The Morgan fingerprint density at radius 2 is 1.83 bits per heavy atom. The number of carbonyl (C=O) groups is 1. The smallest absolute Gasteiger partial charge is 0.225 e. The number of hydrogen-bond acceptors (Lipinski definition) is 4. The molecule has 4 rings (SSSR count). The molecule has 6 heteroatoms. The highest BCUT2D eigenvalue weighted by Gasteiger charge is 2.22. The van der Waals surface area contributed by atoms with Gasteiger partial charge in [0, 0.05) is 36.1 Å². The topological polar surface area (TPSA) is 45.2 Å². The van der Waals surface area contributed by atoms with Gasteiger partial charge in [0.2, 0.25) is 5.91 Å². The molecule has 1 aliphatic rings. The first-order valence-electron chi connectivity index (χ1n) is 10.3. The fourth-order valence-corrected chi connectivity index (χ4v) is 4.88. The monoisotopic (exact) mass is 423 g/mol. The number of likely N-dealkylation sites (tertiary alicyclic amines) is 1. The lowest BCUT2D eigenvalue weighted by atomic mass is 10.0. The number of halogens is 1. The summed E-state index contributed by atoms with van der Waals surface area (Å²) >= 11 is 1.53. The lowest BCUT2D eigenvalue weighted by molar-refractivity contribution is -0.121. The zero-order chi connectivity index (χ0) is 20.9. The number of amides is 1. The fraction of sp³-hybridized carbons (Fsp3) is 0.333. The molecule has 0 aliphatic carbocycles. The summed E-state index contributed by atoms with van der Waals surface area (Å²) in [6.07, 6.45) is 2.23. The van der Waals surface area contributed by atoms with Crippen LogP contribution in [0, 0.1) is 12.7 Å². The Balaban J connectivity index is 1.31. The van der Waals surface area contributed by atoms with Crippen molar-refractivity contribution in [1.82, 2.24) is 15.2 Å². The van der Waals surface area contributed by atoms with Crippen molar-refractivity contribution in [2.75, 3.05) is 13.1 Å². The van der Waals surface area contributed by atoms with Crippen LogP contribution in [-0.4, -0.2) is 34.9 Å². The molecule has 1 aliphatic heterocycles. The van der Waals surface area contributed by atoms with E-state index in [-0.39, 0.29) is 17.8 Å². The third-order valence-corrected chi connectivity index (χ3v) is 6.42. The molecule has 1 aromatic heterocycles. The van der Waals surface area contributed by atoms with Crippen molar-refractivity contribution in [3.8, 4) is 11.3 Å². The quantitative estimate of drug-likeness (QED) is 0.631. The van der Waals surface area contributed by atoms with Crippen molar-refractivity contribution in [3.63, 3.8) is 0 Å². The average Bonchev–Trinajstić information content (AvgIpc) is 3.10. The molecular weight excluding hydrogens is 397 g/mol. The summed E-state index contributed by atoms with van der Waals surface area (Å²) in [5.41, 5.74) is 2.96. The van der Waals surface area contributed by atoms with Crippen LogP contribution in [0.25, 0.3) is 11.3 Å². The van der Waals surface area contributed by atoms with Crippen LogP contribution in [0.3, 0.4) is 0 Å². The van der Waals surface area contributed by atoms with E-state index < -0.39 is 0 Å². The highest BCUT2D eigenvalue weighted by molar-refractivity contribution is 7.12. The molecule has 0 saturated carbocycles. The second-order valence-corrected chi connectivity index (χ2v) is 9.08. The second kappa shape index (κ2) is 9.49. The predicted molar refractivity (Wildman–Crippen MR) is 119 cm³/mol. The molecule has 1 amide bonds. The van der Waals surface area contributed by atoms with Crippen LogP contribution in [0.1, 0.15) is 28.3 Å². The van der Waals surface area contributed by atoms with Gasteiger partial charge in [0.15, 0.2) is 0 Å². The van der Waals surface area contributed by atoms with Gasteiger partial charge in [-0.2, -0.15) is 0 Å². The van der Waals surface area contributed by atoms with Crippen molar-refractivity contribution < 1.29 is 9.18 Å². The van der Waals surface area contributed by atoms with E-state index in [0.29, 0.717) is 6.42 Å².